The summed E-state index contributed by atoms with van der Waals surface area (Å²) in [4.78, 5) is 27.2. The fraction of sp³-hybridized carbons (Fsp3) is 0.292. The molecular weight excluding hydrogens is 440 g/mol. The minimum absolute atomic E-state index is 0.141. The Balaban J connectivity index is 1.31. The lowest BCUT2D eigenvalue weighted by molar-refractivity contribution is -0.128. The first-order valence-electron chi connectivity index (χ1n) is 10.5. The number of nitrogens with zero attached hydrogens (tertiary/aromatic N) is 4. The van der Waals surface area contributed by atoms with E-state index in [1.165, 1.54) is 17.3 Å². The highest BCUT2D eigenvalue weighted by Crippen LogP contribution is 2.34. The van der Waals surface area contributed by atoms with E-state index in [-0.39, 0.29) is 5.91 Å². The van der Waals surface area contributed by atoms with Gasteiger partial charge in [0, 0.05) is 49.2 Å². The molecule has 2 aromatic carbocycles. The lowest BCUT2D eigenvalue weighted by Crippen LogP contribution is -2.49. The number of piperazine rings is 1. The summed E-state index contributed by atoms with van der Waals surface area (Å²) < 4.78 is 5.23. The molecule has 1 aromatic heterocycles. The van der Waals surface area contributed by atoms with Crippen LogP contribution in [0.3, 0.4) is 0 Å². The number of hydrogen-bond acceptors (Lipinski definition) is 7. The minimum atomic E-state index is 0.141. The molecule has 0 bridgehead atoms. The number of anilines is 1. The lowest BCUT2D eigenvalue weighted by atomic mass is 10.2. The van der Waals surface area contributed by atoms with Crippen molar-refractivity contribution in [3.05, 3.63) is 66.5 Å². The van der Waals surface area contributed by atoms with Crippen LogP contribution >= 0.6 is 23.5 Å². The summed E-state index contributed by atoms with van der Waals surface area (Å²) >= 11 is 3.06. The van der Waals surface area contributed by atoms with Gasteiger partial charge in [-0.1, -0.05) is 41.7 Å². The first kappa shape index (κ1) is 22.5. The highest BCUT2D eigenvalue weighted by atomic mass is 32.2. The number of aryl methyl sites for hydroxylation is 1. The molecule has 0 atom stereocenters. The van der Waals surface area contributed by atoms with Crippen molar-refractivity contribution in [1.29, 1.82) is 0 Å². The van der Waals surface area contributed by atoms with Gasteiger partial charge in [0.15, 0.2) is 0 Å². The van der Waals surface area contributed by atoms with E-state index in [1.54, 1.807) is 31.3 Å². The second kappa shape index (κ2) is 10.7. The second-order valence-corrected chi connectivity index (χ2v) is 9.38. The molecular formula is C24H26N4O2S2. The third kappa shape index (κ3) is 5.55. The van der Waals surface area contributed by atoms with E-state index in [2.05, 4.69) is 46.1 Å². The van der Waals surface area contributed by atoms with Gasteiger partial charge in [0.2, 0.25) is 5.91 Å². The molecule has 2 heterocycles. The van der Waals surface area contributed by atoms with Gasteiger partial charge < -0.3 is 14.5 Å². The molecule has 8 heteroatoms. The molecule has 3 aromatic rings. The smallest absolute Gasteiger partial charge is 0.233 e. The third-order valence-corrected chi connectivity index (χ3v) is 7.60. The topological polar surface area (TPSA) is 58.6 Å². The Kier molecular flexibility index (Phi) is 7.55. The number of rotatable bonds is 7. The van der Waals surface area contributed by atoms with Crippen molar-refractivity contribution in [2.45, 2.75) is 21.9 Å². The van der Waals surface area contributed by atoms with E-state index in [4.69, 9.17) is 4.74 Å². The van der Waals surface area contributed by atoms with Crippen molar-refractivity contribution in [2.75, 3.05) is 43.9 Å². The average molecular weight is 467 g/mol. The van der Waals surface area contributed by atoms with Crippen LogP contribution in [-0.4, -0.2) is 59.8 Å². The van der Waals surface area contributed by atoms with Crippen LogP contribution in [0.5, 0.6) is 5.75 Å². The van der Waals surface area contributed by atoms with E-state index < -0.39 is 0 Å². The number of methoxy groups -OCH3 is 1. The van der Waals surface area contributed by atoms with Gasteiger partial charge in [-0.05, 0) is 42.8 Å². The van der Waals surface area contributed by atoms with Crippen LogP contribution < -0.4 is 9.64 Å². The van der Waals surface area contributed by atoms with Gasteiger partial charge in [-0.15, -0.1) is 0 Å². The van der Waals surface area contributed by atoms with E-state index in [0.29, 0.717) is 5.75 Å². The summed E-state index contributed by atoms with van der Waals surface area (Å²) in [6, 6.07) is 16.3. The molecule has 32 heavy (non-hydrogen) atoms. The second-order valence-electron chi connectivity index (χ2n) is 7.39. The van der Waals surface area contributed by atoms with Crippen LogP contribution in [0.15, 0.2) is 75.9 Å². The lowest BCUT2D eigenvalue weighted by Gasteiger charge is -2.36. The minimum Gasteiger partial charge on any atom is -0.497 e. The number of ether oxygens (including phenoxy) is 1. The zero-order chi connectivity index (χ0) is 22.3. The molecule has 0 N–H and O–H groups in total. The Hall–Kier alpha value is -2.71. The van der Waals surface area contributed by atoms with Crippen LogP contribution in [0.4, 0.5) is 5.69 Å². The van der Waals surface area contributed by atoms with Crippen molar-refractivity contribution in [3.63, 3.8) is 0 Å². The van der Waals surface area contributed by atoms with Crippen molar-refractivity contribution < 1.29 is 9.53 Å². The summed E-state index contributed by atoms with van der Waals surface area (Å²) in [5.41, 5.74) is 2.36. The van der Waals surface area contributed by atoms with Crippen LogP contribution in [0, 0.1) is 6.92 Å². The predicted molar refractivity (Wildman–Crippen MR) is 130 cm³/mol. The first-order valence-corrected chi connectivity index (χ1v) is 12.3. The van der Waals surface area contributed by atoms with Crippen molar-refractivity contribution in [2.24, 2.45) is 0 Å². The first-order chi connectivity index (χ1) is 15.6. The number of benzene rings is 2. The maximum Gasteiger partial charge on any atom is 0.233 e. The normalized spacial score (nSPS) is 13.8. The standard InChI is InChI=1S/C24H26N4O2S2/c1-18-5-3-4-6-21(18)32-24-23(25-11-12-26-24)31-17-22(29)28-15-13-27(14-16-28)19-7-9-20(30-2)10-8-19/h3-12H,13-17H2,1-2H3. The molecule has 1 saturated heterocycles. The van der Waals surface area contributed by atoms with Crippen LogP contribution in [0.2, 0.25) is 0 Å². The number of thioether (sulfide) groups is 1. The highest BCUT2D eigenvalue weighted by molar-refractivity contribution is 8.02. The third-order valence-electron chi connectivity index (χ3n) is 5.34. The molecule has 1 amide bonds. The van der Waals surface area contributed by atoms with E-state index in [0.717, 1.165) is 52.6 Å². The zero-order valence-corrected chi connectivity index (χ0v) is 19.9. The molecule has 6 nitrogen and oxygen atoms in total. The monoisotopic (exact) mass is 466 g/mol. The molecule has 1 fully saturated rings. The van der Waals surface area contributed by atoms with Gasteiger partial charge in [-0.3, -0.25) is 4.79 Å². The number of hydrogen-bond donors (Lipinski definition) is 0. The largest absolute Gasteiger partial charge is 0.497 e. The highest BCUT2D eigenvalue weighted by Gasteiger charge is 2.22. The van der Waals surface area contributed by atoms with Crippen LogP contribution in [-0.2, 0) is 4.79 Å². The van der Waals surface area contributed by atoms with Gasteiger partial charge in [-0.25, -0.2) is 9.97 Å². The predicted octanol–water partition coefficient (Wildman–Crippen LogP) is 4.39. The molecule has 0 saturated carbocycles. The summed E-state index contributed by atoms with van der Waals surface area (Å²) in [5.74, 6) is 1.35. The number of amides is 1. The summed E-state index contributed by atoms with van der Waals surface area (Å²) in [5, 5.41) is 1.63. The number of carbonyl (C=O) groups excluding carboxylic acids is 1. The Morgan fingerprint density at radius 3 is 2.34 bits per heavy atom. The molecule has 0 radical (unpaired) electrons. The molecule has 0 spiro atoms. The van der Waals surface area contributed by atoms with E-state index >= 15 is 0 Å². The summed E-state index contributed by atoms with van der Waals surface area (Å²) in [6.07, 6.45) is 3.38. The van der Waals surface area contributed by atoms with Gasteiger partial charge in [0.25, 0.3) is 0 Å². The Morgan fingerprint density at radius 1 is 0.969 bits per heavy atom. The SMILES string of the molecule is COc1ccc(N2CCN(C(=O)CSc3nccnc3Sc3ccccc3C)CC2)cc1. The molecule has 0 unspecified atom stereocenters. The van der Waals surface area contributed by atoms with Gasteiger partial charge in [-0.2, -0.15) is 0 Å². The van der Waals surface area contributed by atoms with Gasteiger partial charge in [0.1, 0.15) is 15.8 Å². The number of aromatic nitrogens is 2. The van der Waals surface area contributed by atoms with Crippen molar-refractivity contribution in [3.8, 4) is 5.75 Å². The van der Waals surface area contributed by atoms with Crippen molar-refractivity contribution >= 4 is 35.1 Å². The summed E-state index contributed by atoms with van der Waals surface area (Å²) in [7, 11) is 1.67. The Labute approximate surface area is 197 Å². The van der Waals surface area contributed by atoms with Gasteiger partial charge in [0.05, 0.1) is 12.9 Å². The van der Waals surface area contributed by atoms with E-state index in [9.17, 15) is 4.79 Å². The average Bonchev–Trinajstić information content (AvgIpc) is 2.85. The number of carbonyl (C=O) groups is 1. The van der Waals surface area contributed by atoms with E-state index in [1.807, 2.05) is 29.2 Å². The Morgan fingerprint density at radius 2 is 1.66 bits per heavy atom. The van der Waals surface area contributed by atoms with Crippen LogP contribution in [0.1, 0.15) is 5.56 Å². The zero-order valence-electron chi connectivity index (χ0n) is 18.2. The van der Waals surface area contributed by atoms with Gasteiger partial charge >= 0.3 is 0 Å². The molecule has 4 rings (SSSR count). The quantitative estimate of drug-likeness (QED) is 0.479. The summed E-state index contributed by atoms with van der Waals surface area (Å²) in [6.45, 7) is 5.17. The molecule has 1 aliphatic rings. The maximum absolute atomic E-state index is 12.8. The molecule has 166 valence electrons. The van der Waals surface area contributed by atoms with Crippen molar-refractivity contribution in [1.82, 2.24) is 14.9 Å². The molecule has 0 aliphatic carbocycles. The fourth-order valence-corrected chi connectivity index (χ4v) is 5.38. The Bertz CT molecular complexity index is 1050. The van der Waals surface area contributed by atoms with Crippen LogP contribution in [0.25, 0.3) is 0 Å². The molecule has 1 aliphatic heterocycles. The fourth-order valence-electron chi connectivity index (χ4n) is 3.49. The maximum atomic E-state index is 12.8.